The van der Waals surface area contributed by atoms with Crippen LogP contribution >= 0.6 is 11.6 Å². The van der Waals surface area contributed by atoms with Gasteiger partial charge in [0.05, 0.1) is 5.69 Å². The molecule has 60 valence electrons. The number of hydrogen-bond acceptors (Lipinski definition) is 1. The van der Waals surface area contributed by atoms with Crippen LogP contribution in [-0.4, -0.2) is 15.7 Å². The predicted octanol–water partition coefficient (Wildman–Crippen LogP) is 2.06. The minimum Gasteiger partial charge on any atom is -0.269 e. The van der Waals surface area contributed by atoms with Gasteiger partial charge in [0.15, 0.2) is 0 Å². The smallest absolute Gasteiger partial charge is 0.0603 e. The second-order valence-corrected chi connectivity index (χ2v) is 2.64. The standard InChI is InChI=1S/C8H11ClN2/c1-11-8(5-7-10-11)4-2-3-6-9/h2,4-5,7H,3,6H2,1H3. The van der Waals surface area contributed by atoms with Crippen LogP contribution in [-0.2, 0) is 7.05 Å². The van der Waals surface area contributed by atoms with Crippen molar-refractivity contribution in [2.75, 3.05) is 5.88 Å². The van der Waals surface area contributed by atoms with Gasteiger partial charge in [-0.15, -0.1) is 11.6 Å². The molecule has 1 aromatic rings. The van der Waals surface area contributed by atoms with E-state index in [-0.39, 0.29) is 0 Å². The summed E-state index contributed by atoms with van der Waals surface area (Å²) < 4.78 is 1.82. The van der Waals surface area contributed by atoms with Crippen molar-refractivity contribution in [3.05, 3.63) is 24.0 Å². The molecule has 0 aliphatic rings. The Morgan fingerprint density at radius 1 is 1.73 bits per heavy atom. The van der Waals surface area contributed by atoms with E-state index >= 15 is 0 Å². The molecule has 0 unspecified atom stereocenters. The molecule has 0 fully saturated rings. The van der Waals surface area contributed by atoms with Crippen LogP contribution < -0.4 is 0 Å². The van der Waals surface area contributed by atoms with Crippen molar-refractivity contribution >= 4 is 17.7 Å². The lowest BCUT2D eigenvalue weighted by Crippen LogP contribution is -1.91. The van der Waals surface area contributed by atoms with E-state index in [0.29, 0.717) is 5.88 Å². The molecule has 0 aromatic carbocycles. The molecule has 0 saturated heterocycles. The van der Waals surface area contributed by atoms with Gasteiger partial charge in [-0.3, -0.25) is 4.68 Å². The van der Waals surface area contributed by atoms with Crippen LogP contribution in [0.5, 0.6) is 0 Å². The maximum Gasteiger partial charge on any atom is 0.0603 e. The summed E-state index contributed by atoms with van der Waals surface area (Å²) in [7, 11) is 1.92. The molecule has 0 aliphatic heterocycles. The zero-order valence-electron chi connectivity index (χ0n) is 6.50. The normalized spacial score (nSPS) is 11.1. The second kappa shape index (κ2) is 4.19. The topological polar surface area (TPSA) is 17.8 Å². The molecule has 1 heterocycles. The van der Waals surface area contributed by atoms with Crippen molar-refractivity contribution < 1.29 is 0 Å². The average molecular weight is 171 g/mol. The Kier molecular flexibility index (Phi) is 3.17. The number of allylic oxidation sites excluding steroid dienone is 1. The van der Waals surface area contributed by atoms with Crippen LogP contribution in [0.15, 0.2) is 18.3 Å². The van der Waals surface area contributed by atoms with Gasteiger partial charge in [-0.2, -0.15) is 5.10 Å². The monoisotopic (exact) mass is 170 g/mol. The molecule has 3 heteroatoms. The van der Waals surface area contributed by atoms with Crippen LogP contribution in [0.25, 0.3) is 6.08 Å². The minimum atomic E-state index is 0.675. The van der Waals surface area contributed by atoms with Crippen LogP contribution in [0.1, 0.15) is 12.1 Å². The highest BCUT2D eigenvalue weighted by atomic mass is 35.5. The van der Waals surface area contributed by atoms with Gasteiger partial charge in [0.1, 0.15) is 0 Å². The third-order valence-electron chi connectivity index (χ3n) is 1.42. The quantitative estimate of drug-likeness (QED) is 0.635. The summed E-state index contributed by atoms with van der Waals surface area (Å²) in [6.45, 7) is 0. The van der Waals surface area contributed by atoms with Crippen LogP contribution in [0.3, 0.4) is 0 Å². The van der Waals surface area contributed by atoms with E-state index in [1.54, 1.807) is 6.20 Å². The largest absolute Gasteiger partial charge is 0.269 e. The molecule has 0 atom stereocenters. The number of hydrogen-bond donors (Lipinski definition) is 0. The van der Waals surface area contributed by atoms with Crippen LogP contribution in [0, 0.1) is 0 Å². The summed E-state index contributed by atoms with van der Waals surface area (Å²) in [6, 6.07) is 1.96. The first-order valence-corrected chi connectivity index (χ1v) is 4.08. The van der Waals surface area contributed by atoms with E-state index in [9.17, 15) is 0 Å². The second-order valence-electron chi connectivity index (χ2n) is 2.26. The Bertz CT molecular complexity index is 240. The number of nitrogens with zero attached hydrogens (tertiary/aromatic N) is 2. The molecular weight excluding hydrogens is 160 g/mol. The molecule has 0 amide bonds. The van der Waals surface area contributed by atoms with Gasteiger partial charge in [0, 0.05) is 19.1 Å². The Morgan fingerprint density at radius 3 is 3.09 bits per heavy atom. The molecule has 0 bridgehead atoms. The van der Waals surface area contributed by atoms with E-state index in [0.717, 1.165) is 12.1 Å². The number of rotatable bonds is 3. The first-order valence-electron chi connectivity index (χ1n) is 3.55. The molecule has 1 rings (SSSR count). The van der Waals surface area contributed by atoms with Gasteiger partial charge in [-0.25, -0.2) is 0 Å². The molecular formula is C8H11ClN2. The number of alkyl halides is 1. The maximum atomic E-state index is 5.51. The zero-order chi connectivity index (χ0) is 8.10. The van der Waals surface area contributed by atoms with Crippen molar-refractivity contribution in [3.63, 3.8) is 0 Å². The fraction of sp³-hybridized carbons (Fsp3) is 0.375. The fourth-order valence-corrected chi connectivity index (χ4v) is 0.941. The number of aromatic nitrogens is 2. The first kappa shape index (κ1) is 8.34. The Morgan fingerprint density at radius 2 is 2.55 bits per heavy atom. The van der Waals surface area contributed by atoms with E-state index in [1.165, 1.54) is 0 Å². The van der Waals surface area contributed by atoms with Crippen molar-refractivity contribution in [2.24, 2.45) is 7.05 Å². The van der Waals surface area contributed by atoms with Crippen LogP contribution in [0.4, 0.5) is 0 Å². The van der Waals surface area contributed by atoms with Gasteiger partial charge < -0.3 is 0 Å². The van der Waals surface area contributed by atoms with Crippen molar-refractivity contribution in [1.82, 2.24) is 9.78 Å². The highest BCUT2D eigenvalue weighted by molar-refractivity contribution is 6.17. The SMILES string of the molecule is Cn1nccc1C=CCCCl. The van der Waals surface area contributed by atoms with Gasteiger partial charge >= 0.3 is 0 Å². The lowest BCUT2D eigenvalue weighted by molar-refractivity contribution is 0.759. The Balaban J connectivity index is 2.56. The molecule has 0 N–H and O–H groups in total. The molecule has 0 saturated carbocycles. The predicted molar refractivity (Wildman–Crippen MR) is 47.6 cm³/mol. The van der Waals surface area contributed by atoms with Crippen LogP contribution in [0.2, 0.25) is 0 Å². The highest BCUT2D eigenvalue weighted by Gasteiger charge is 1.89. The molecule has 0 spiro atoms. The summed E-state index contributed by atoms with van der Waals surface area (Å²) in [5.74, 6) is 0.675. The summed E-state index contributed by atoms with van der Waals surface area (Å²) in [4.78, 5) is 0. The molecule has 2 nitrogen and oxygen atoms in total. The Hall–Kier alpha value is -0.760. The summed E-state index contributed by atoms with van der Waals surface area (Å²) >= 11 is 5.51. The number of halogens is 1. The first-order chi connectivity index (χ1) is 5.34. The molecule has 0 aliphatic carbocycles. The third-order valence-corrected chi connectivity index (χ3v) is 1.64. The van der Waals surface area contributed by atoms with E-state index in [4.69, 9.17) is 11.6 Å². The Labute approximate surface area is 71.5 Å². The lowest BCUT2D eigenvalue weighted by atomic mass is 10.3. The molecule has 1 aromatic heterocycles. The summed E-state index contributed by atoms with van der Waals surface area (Å²) in [5, 5.41) is 4.03. The lowest BCUT2D eigenvalue weighted by Gasteiger charge is -1.92. The van der Waals surface area contributed by atoms with Gasteiger partial charge in [0.2, 0.25) is 0 Å². The number of aryl methyl sites for hydroxylation is 1. The van der Waals surface area contributed by atoms with Crippen molar-refractivity contribution in [2.45, 2.75) is 6.42 Å². The molecule has 0 radical (unpaired) electrons. The van der Waals surface area contributed by atoms with Gasteiger partial charge in [-0.1, -0.05) is 6.08 Å². The van der Waals surface area contributed by atoms with Gasteiger partial charge in [-0.05, 0) is 18.6 Å². The third kappa shape index (κ3) is 2.39. The molecule has 11 heavy (non-hydrogen) atoms. The van der Waals surface area contributed by atoms with Crippen molar-refractivity contribution in [1.29, 1.82) is 0 Å². The maximum absolute atomic E-state index is 5.51. The summed E-state index contributed by atoms with van der Waals surface area (Å²) in [6.07, 6.45) is 6.76. The van der Waals surface area contributed by atoms with E-state index in [2.05, 4.69) is 5.10 Å². The fourth-order valence-electron chi connectivity index (χ4n) is 0.815. The van der Waals surface area contributed by atoms with E-state index < -0.39 is 0 Å². The minimum absolute atomic E-state index is 0.675. The zero-order valence-corrected chi connectivity index (χ0v) is 7.25. The highest BCUT2D eigenvalue weighted by Crippen LogP contribution is 2.00. The van der Waals surface area contributed by atoms with Crippen molar-refractivity contribution in [3.8, 4) is 0 Å². The van der Waals surface area contributed by atoms with E-state index in [1.807, 2.05) is 29.9 Å². The summed E-state index contributed by atoms with van der Waals surface area (Å²) in [5.41, 5.74) is 1.11. The van der Waals surface area contributed by atoms with Gasteiger partial charge in [0.25, 0.3) is 0 Å². The average Bonchev–Trinajstić information content (AvgIpc) is 2.37.